The average Bonchev–Trinajstić information content (AvgIpc) is 3.34. The van der Waals surface area contributed by atoms with Crippen LogP contribution in [0.2, 0.25) is 0 Å². The Bertz CT molecular complexity index is 2840. The van der Waals surface area contributed by atoms with E-state index in [4.69, 9.17) is 0 Å². The van der Waals surface area contributed by atoms with E-state index in [1.165, 1.54) is 33.4 Å². The Morgan fingerprint density at radius 2 is 0.525 bits per heavy atom. The van der Waals surface area contributed by atoms with Crippen molar-refractivity contribution in [1.82, 2.24) is 0 Å². The number of hydrogen-bond donors (Lipinski definition) is 0. The van der Waals surface area contributed by atoms with Crippen molar-refractivity contribution in [2.75, 3.05) is 9.80 Å². The molecule has 61 heavy (non-hydrogen) atoms. The lowest BCUT2D eigenvalue weighted by Crippen LogP contribution is -2.10. The van der Waals surface area contributed by atoms with Gasteiger partial charge in [-0.15, -0.1) is 0 Å². The van der Waals surface area contributed by atoms with E-state index in [0.29, 0.717) is 0 Å². The van der Waals surface area contributed by atoms with E-state index in [2.05, 4.69) is 259 Å². The fourth-order valence-electron chi connectivity index (χ4n) is 8.00. The zero-order valence-corrected chi connectivity index (χ0v) is 34.3. The van der Waals surface area contributed by atoms with Crippen LogP contribution in [0.25, 0.3) is 50.1 Å². The molecule has 0 aromatic heterocycles. The van der Waals surface area contributed by atoms with E-state index in [-0.39, 0.29) is 0 Å². The van der Waals surface area contributed by atoms with Crippen LogP contribution >= 0.6 is 0 Å². The number of para-hydroxylation sites is 1. The smallest absolute Gasteiger partial charge is 0.0462 e. The quantitative estimate of drug-likeness (QED) is 0.114. The number of benzene rings is 9. The summed E-state index contributed by atoms with van der Waals surface area (Å²) in [4.78, 5) is 4.63. The number of rotatable bonds is 12. The molecule has 2 heteroatoms. The second-order valence-electron chi connectivity index (χ2n) is 15.0. The van der Waals surface area contributed by atoms with Gasteiger partial charge in [0.25, 0.3) is 0 Å². The molecule has 0 radical (unpaired) electrons. The first-order chi connectivity index (χ1) is 30.1. The van der Waals surface area contributed by atoms with E-state index in [1.54, 1.807) is 0 Å². The zero-order chi connectivity index (χ0) is 41.4. The predicted octanol–water partition coefficient (Wildman–Crippen LogP) is 16.9. The standard InChI is InChI=1S/C59H46N2/c1-3-44(4-2)47-24-34-57(35-25-47)61(58-36-26-50(27-37-58)46-16-10-6-11-17-46)59-42-32-53(33-43-59)52-30-40-56(41-31-52)60(54-18-12-7-13-19-54)55-38-28-51(29-39-55)49-22-20-48(21-23-49)45-14-8-5-9-15-45/h3-43H,1H2,2H3/b44-4+. The minimum Gasteiger partial charge on any atom is -0.311 e. The van der Waals surface area contributed by atoms with Gasteiger partial charge in [0.05, 0.1) is 0 Å². The lowest BCUT2D eigenvalue weighted by atomic mass is 10.00. The monoisotopic (exact) mass is 782 g/mol. The van der Waals surface area contributed by atoms with Gasteiger partial charge in [-0.2, -0.15) is 0 Å². The first kappa shape index (κ1) is 38.6. The molecule has 0 bridgehead atoms. The van der Waals surface area contributed by atoms with Crippen LogP contribution in [0, 0.1) is 0 Å². The maximum Gasteiger partial charge on any atom is 0.0462 e. The van der Waals surface area contributed by atoms with Crippen LogP contribution in [0.3, 0.4) is 0 Å². The number of anilines is 6. The number of allylic oxidation sites excluding steroid dienone is 3. The molecule has 0 N–H and O–H groups in total. The third kappa shape index (κ3) is 8.48. The molecule has 0 saturated heterocycles. The molecule has 9 aromatic rings. The molecule has 0 fully saturated rings. The Morgan fingerprint density at radius 1 is 0.295 bits per heavy atom. The molecule has 0 aliphatic heterocycles. The second-order valence-corrected chi connectivity index (χ2v) is 15.0. The van der Waals surface area contributed by atoms with Crippen molar-refractivity contribution in [3.63, 3.8) is 0 Å². The first-order valence-electron chi connectivity index (χ1n) is 20.8. The van der Waals surface area contributed by atoms with E-state index < -0.39 is 0 Å². The van der Waals surface area contributed by atoms with Crippen LogP contribution in [-0.2, 0) is 0 Å². The summed E-state index contributed by atoms with van der Waals surface area (Å²) in [6, 6.07) is 84.6. The maximum absolute atomic E-state index is 4.01. The molecule has 0 aliphatic carbocycles. The van der Waals surface area contributed by atoms with E-state index in [0.717, 1.165) is 56.4 Å². The Balaban J connectivity index is 0.986. The molecular formula is C59H46N2. The van der Waals surface area contributed by atoms with Gasteiger partial charge in [-0.1, -0.05) is 183 Å². The van der Waals surface area contributed by atoms with Crippen LogP contribution < -0.4 is 9.80 Å². The van der Waals surface area contributed by atoms with Gasteiger partial charge in [0.1, 0.15) is 0 Å². The molecule has 9 rings (SSSR count). The summed E-state index contributed by atoms with van der Waals surface area (Å²) in [5, 5.41) is 0. The lowest BCUT2D eigenvalue weighted by Gasteiger charge is -2.26. The minimum atomic E-state index is 1.08. The molecule has 0 heterocycles. The normalized spacial score (nSPS) is 11.2. The first-order valence-corrected chi connectivity index (χ1v) is 20.8. The molecule has 0 aliphatic rings. The van der Waals surface area contributed by atoms with Gasteiger partial charge in [0, 0.05) is 34.1 Å². The summed E-state index contributed by atoms with van der Waals surface area (Å²) < 4.78 is 0. The maximum atomic E-state index is 4.01. The topological polar surface area (TPSA) is 6.48 Å². The van der Waals surface area contributed by atoms with E-state index in [1.807, 2.05) is 13.0 Å². The molecule has 292 valence electrons. The van der Waals surface area contributed by atoms with Crippen molar-refractivity contribution in [3.8, 4) is 44.5 Å². The zero-order valence-electron chi connectivity index (χ0n) is 34.3. The average molecular weight is 783 g/mol. The van der Waals surface area contributed by atoms with Gasteiger partial charge in [-0.25, -0.2) is 0 Å². The molecule has 2 nitrogen and oxygen atoms in total. The molecule has 9 aromatic carbocycles. The van der Waals surface area contributed by atoms with Gasteiger partial charge in [-0.3, -0.25) is 0 Å². The molecule has 0 saturated carbocycles. The molecule has 0 spiro atoms. The summed E-state index contributed by atoms with van der Waals surface area (Å²) in [6.07, 6.45) is 4.00. The Morgan fingerprint density at radius 3 is 0.803 bits per heavy atom. The summed E-state index contributed by atoms with van der Waals surface area (Å²) in [6.45, 7) is 6.06. The van der Waals surface area contributed by atoms with Crippen molar-refractivity contribution in [3.05, 3.63) is 261 Å². The van der Waals surface area contributed by atoms with E-state index in [9.17, 15) is 0 Å². The second kappa shape index (κ2) is 17.9. The lowest BCUT2D eigenvalue weighted by molar-refractivity contribution is 1.28. The van der Waals surface area contributed by atoms with Crippen LogP contribution in [0.5, 0.6) is 0 Å². The van der Waals surface area contributed by atoms with Crippen molar-refractivity contribution in [1.29, 1.82) is 0 Å². The number of nitrogens with zero attached hydrogens (tertiary/aromatic N) is 2. The van der Waals surface area contributed by atoms with Crippen molar-refractivity contribution >= 4 is 39.7 Å². The highest BCUT2D eigenvalue weighted by Gasteiger charge is 2.16. The largest absolute Gasteiger partial charge is 0.311 e. The molecule has 0 atom stereocenters. The fourth-order valence-corrected chi connectivity index (χ4v) is 8.00. The van der Waals surface area contributed by atoms with Crippen LogP contribution in [-0.4, -0.2) is 0 Å². The van der Waals surface area contributed by atoms with Gasteiger partial charge < -0.3 is 9.80 Å². The van der Waals surface area contributed by atoms with Crippen molar-refractivity contribution < 1.29 is 0 Å². The third-order valence-corrected chi connectivity index (χ3v) is 11.3. The predicted molar refractivity (Wildman–Crippen MR) is 261 cm³/mol. The van der Waals surface area contributed by atoms with Crippen molar-refractivity contribution in [2.24, 2.45) is 0 Å². The van der Waals surface area contributed by atoms with Gasteiger partial charge in [-0.05, 0) is 135 Å². The van der Waals surface area contributed by atoms with Gasteiger partial charge in [0.2, 0.25) is 0 Å². The number of hydrogen-bond acceptors (Lipinski definition) is 2. The van der Waals surface area contributed by atoms with Crippen LogP contribution in [0.4, 0.5) is 34.1 Å². The van der Waals surface area contributed by atoms with Crippen LogP contribution in [0.1, 0.15) is 12.5 Å². The molecular weight excluding hydrogens is 737 g/mol. The Labute approximate surface area is 360 Å². The highest BCUT2D eigenvalue weighted by molar-refractivity contribution is 5.83. The highest BCUT2D eigenvalue weighted by atomic mass is 15.1. The third-order valence-electron chi connectivity index (χ3n) is 11.3. The van der Waals surface area contributed by atoms with Gasteiger partial charge in [0.15, 0.2) is 0 Å². The summed E-state index contributed by atoms with van der Waals surface area (Å²) in [5.74, 6) is 0. The summed E-state index contributed by atoms with van der Waals surface area (Å²) in [5.41, 5.74) is 18.4. The van der Waals surface area contributed by atoms with Crippen molar-refractivity contribution in [2.45, 2.75) is 6.92 Å². The Kier molecular flexibility index (Phi) is 11.3. The molecule has 0 amide bonds. The molecule has 0 unspecified atom stereocenters. The summed E-state index contributed by atoms with van der Waals surface area (Å²) >= 11 is 0. The van der Waals surface area contributed by atoms with Crippen LogP contribution in [0.15, 0.2) is 255 Å². The summed E-state index contributed by atoms with van der Waals surface area (Å²) in [7, 11) is 0. The van der Waals surface area contributed by atoms with E-state index >= 15 is 0 Å². The fraction of sp³-hybridized carbons (Fsp3) is 0.0169. The van der Waals surface area contributed by atoms with Gasteiger partial charge >= 0.3 is 0 Å². The Hall–Kier alpha value is -7.94. The minimum absolute atomic E-state index is 1.08. The highest BCUT2D eigenvalue weighted by Crippen LogP contribution is 2.39. The SMILES string of the molecule is C=C/C(=C\C)c1ccc(N(c2ccc(-c3ccccc3)cc2)c2ccc(-c3ccc(N(c4ccccc4)c4ccc(-c5ccc(-c6ccccc6)cc5)cc4)cc3)cc2)cc1.